The number of nitrogens with one attached hydrogen (secondary N) is 4. The summed E-state index contributed by atoms with van der Waals surface area (Å²) in [5, 5.41) is 17.0. The van der Waals surface area contributed by atoms with Gasteiger partial charge < -0.3 is 49.5 Å². The summed E-state index contributed by atoms with van der Waals surface area (Å²) in [5.74, 6) is 0.755. The number of alkyl halides is 6. The molecule has 2 aliphatic heterocycles. The van der Waals surface area contributed by atoms with Crippen LogP contribution in [0.15, 0.2) is 146 Å². The number of fused-ring (bicyclic) bond motifs is 2. The molecule has 1 unspecified atom stereocenters. The number of nitrogens with zero attached hydrogens (tertiary/aromatic N) is 4. The average Bonchev–Trinajstić information content (AvgIpc) is 0.778. The lowest BCUT2D eigenvalue weighted by Crippen LogP contribution is -2.47. The number of carbonyl (C=O) groups excluding carboxylic acids is 2. The van der Waals surface area contributed by atoms with Crippen LogP contribution >= 0.6 is 46.4 Å². The van der Waals surface area contributed by atoms with E-state index in [0.29, 0.717) is 188 Å². The third-order valence-electron chi connectivity index (χ3n) is 20.9. The van der Waals surface area contributed by atoms with Gasteiger partial charge in [-0.1, -0.05) is 120 Å². The molecule has 2 saturated heterocycles. The molecular formula is C84H98Cl4F6N8O10S2. The van der Waals surface area contributed by atoms with E-state index in [1.807, 2.05) is 133 Å². The predicted octanol–water partition coefficient (Wildman–Crippen LogP) is 19.1. The molecule has 30 heteroatoms. The van der Waals surface area contributed by atoms with Gasteiger partial charge in [0.05, 0.1) is 43.6 Å². The molecular weight excluding hydrogens is 1600 g/mol. The van der Waals surface area contributed by atoms with Gasteiger partial charge in [-0.25, -0.2) is 18.4 Å². The molecule has 8 aromatic rings. The van der Waals surface area contributed by atoms with Crippen molar-refractivity contribution >= 4 is 113 Å². The van der Waals surface area contributed by atoms with E-state index in [9.17, 15) is 48.9 Å². The lowest BCUT2D eigenvalue weighted by Gasteiger charge is -2.32. The molecule has 2 aromatic heterocycles. The van der Waals surface area contributed by atoms with Crippen LogP contribution in [0.25, 0.3) is 21.8 Å². The first-order chi connectivity index (χ1) is 54.9. The Hall–Kier alpha value is -6.92. The quantitative estimate of drug-likeness (QED) is 0.0121. The van der Waals surface area contributed by atoms with Crippen molar-refractivity contribution in [2.75, 3.05) is 96.2 Å². The molecule has 4 heterocycles. The number of halogens is 10. The maximum absolute atomic E-state index is 13.5. The van der Waals surface area contributed by atoms with Gasteiger partial charge in [0.1, 0.15) is 0 Å². The summed E-state index contributed by atoms with van der Waals surface area (Å²) in [7, 11) is -5.46. The van der Waals surface area contributed by atoms with Gasteiger partial charge in [0.15, 0.2) is 11.4 Å². The zero-order valence-electron chi connectivity index (χ0n) is 63.4. The zero-order valence-corrected chi connectivity index (χ0v) is 68.1. The minimum Gasteiger partial charge on any atom is -0.591 e. The number of benzene rings is 6. The lowest BCUT2D eigenvalue weighted by atomic mass is 9.84. The van der Waals surface area contributed by atoms with Gasteiger partial charge in [-0.2, -0.15) is 17.5 Å². The SMILES string of the molecule is O=C(CCCCCOc1cc(NC2CCN([S+]([O-])C(F)(F)F)CC2)c2cc(C(c3ccc(Cl)cc3)c3ccc(Cl)cc3)ccc2n1)NCCCOCCO[C@@H]1CCC[C@H](CCOCCCNC(=O)CCCCCOc2cc(NC3CCN(S(=O)(=O)C(F)(F)F)CC3)c3cc(C(c4ccc(Cl)cc4)c4ccc(Cl)cc4)ccc3n2)C1. The number of sulfonamides is 1. The van der Waals surface area contributed by atoms with Gasteiger partial charge in [-0.15, -0.1) is 17.5 Å². The largest absolute Gasteiger partial charge is 0.593 e. The topological polar surface area (TPSA) is 218 Å². The summed E-state index contributed by atoms with van der Waals surface area (Å²) in [6.07, 6.45) is 12.6. The number of hydrogen-bond acceptors (Lipinski definition) is 15. The van der Waals surface area contributed by atoms with Crippen molar-refractivity contribution in [3.8, 4) is 11.8 Å². The van der Waals surface area contributed by atoms with Crippen molar-refractivity contribution in [3.63, 3.8) is 0 Å². The van der Waals surface area contributed by atoms with E-state index in [1.165, 1.54) is 0 Å². The number of unbranched alkanes of at least 4 members (excludes halogenated alkanes) is 4. The van der Waals surface area contributed by atoms with Crippen LogP contribution in [0.2, 0.25) is 20.1 Å². The Bertz CT molecular complexity index is 4410. The number of piperidine rings is 2. The normalized spacial score (nSPS) is 16.7. The average molecular weight is 1700 g/mol. The molecule has 3 aliphatic rings. The lowest BCUT2D eigenvalue weighted by molar-refractivity contribution is -0.122. The van der Waals surface area contributed by atoms with Crippen LogP contribution in [-0.4, -0.2) is 158 Å². The third-order valence-corrected chi connectivity index (χ3v) is 24.8. The van der Waals surface area contributed by atoms with Crippen molar-refractivity contribution in [1.29, 1.82) is 0 Å². The van der Waals surface area contributed by atoms with Crippen molar-refractivity contribution in [3.05, 3.63) is 199 Å². The number of hydrogen-bond donors (Lipinski definition) is 4. The molecule has 1 saturated carbocycles. The monoisotopic (exact) mass is 1700 g/mol. The predicted molar refractivity (Wildman–Crippen MR) is 438 cm³/mol. The highest BCUT2D eigenvalue weighted by Gasteiger charge is 2.51. The molecule has 4 N–H and O–H groups in total. The molecule has 3 atom stereocenters. The first-order valence-electron chi connectivity index (χ1n) is 39.2. The van der Waals surface area contributed by atoms with E-state index in [2.05, 4.69) is 27.3 Å². The van der Waals surface area contributed by atoms with Crippen molar-refractivity contribution < 1.29 is 72.6 Å². The minimum absolute atomic E-state index is 0.0123. The number of anilines is 2. The molecule has 2 amide bonds. The molecule has 616 valence electrons. The maximum Gasteiger partial charge on any atom is 0.593 e. The second-order valence-electron chi connectivity index (χ2n) is 29.2. The molecule has 18 nitrogen and oxygen atoms in total. The van der Waals surface area contributed by atoms with E-state index < -0.39 is 32.4 Å². The van der Waals surface area contributed by atoms with Crippen LogP contribution in [0.3, 0.4) is 0 Å². The fraction of sp³-hybridized carbons (Fsp3) is 0.476. The van der Waals surface area contributed by atoms with E-state index in [0.717, 1.165) is 93.4 Å². The molecule has 114 heavy (non-hydrogen) atoms. The maximum atomic E-state index is 13.5. The highest BCUT2D eigenvalue weighted by Crippen LogP contribution is 2.42. The van der Waals surface area contributed by atoms with Gasteiger partial charge in [-0.3, -0.25) is 9.59 Å². The number of ether oxygens (including phenoxy) is 5. The Labute approximate surface area is 686 Å². The number of rotatable bonds is 41. The number of carbonyl (C=O) groups is 2. The van der Waals surface area contributed by atoms with Crippen LogP contribution in [0, 0.1) is 5.92 Å². The second-order valence-corrected chi connectivity index (χ2v) is 34.4. The summed E-state index contributed by atoms with van der Waals surface area (Å²) >= 11 is 22.1. The standard InChI is InChI=1S/C84H98Cl4F6N8O10S2/c85-64-24-14-58(15-25-64)81(59-16-26-65(86)27-17-59)62-22-32-73-71(53-62)75(97-68-34-41-101(42-35-68)113(105)83(89,90)91)55-79(99-73)111-47-5-2-4-13-78(104)96-40-9-46-109-50-51-110-70-11-7-10-57(52-70)38-49-108-45-8-39-95-77(103)12-3-1-6-48-112-80-56-76(98-69-36-43-102(44-37-69)114(106,107)84(92,93)94)72-54-63(23-33-74(72)100-80)82(60-18-28-66(87)29-19-60)61-20-30-67(88)31-21-61/h14-33,53-57,68-70,81-82H,1-13,34-52H2,(H,95,103)(H,96,104)(H,97,99)(H,98,100)/t57-,70-,113?/m1/s1. The van der Waals surface area contributed by atoms with E-state index >= 15 is 0 Å². The first kappa shape index (κ1) is 87.9. The van der Waals surface area contributed by atoms with Gasteiger partial charge >= 0.3 is 21.0 Å². The highest BCUT2D eigenvalue weighted by molar-refractivity contribution is 7.90. The number of amides is 2. The highest BCUT2D eigenvalue weighted by atomic mass is 35.5. The Morgan fingerprint density at radius 2 is 0.921 bits per heavy atom. The van der Waals surface area contributed by atoms with Crippen LogP contribution in [-0.2, 0) is 45.2 Å². The molecule has 11 rings (SSSR count). The van der Waals surface area contributed by atoms with Gasteiger partial charge in [0, 0.05) is 150 Å². The Balaban J connectivity index is 0.526. The molecule has 0 radical (unpaired) electrons. The summed E-state index contributed by atoms with van der Waals surface area (Å²) in [6, 6.07) is 45.6. The molecule has 6 aromatic carbocycles. The molecule has 0 spiro atoms. The fourth-order valence-corrected chi connectivity index (χ4v) is 17.3. The van der Waals surface area contributed by atoms with Crippen LogP contribution in [0.5, 0.6) is 11.8 Å². The summed E-state index contributed by atoms with van der Waals surface area (Å²) in [6.45, 7) is 3.79. The van der Waals surface area contributed by atoms with Gasteiger partial charge in [0.25, 0.3) is 0 Å². The van der Waals surface area contributed by atoms with Crippen LogP contribution in [0.1, 0.15) is 167 Å². The smallest absolute Gasteiger partial charge is 0.591 e. The van der Waals surface area contributed by atoms with Gasteiger partial charge in [0.2, 0.25) is 23.6 Å². The summed E-state index contributed by atoms with van der Waals surface area (Å²) < 4.78 is 149. The second kappa shape index (κ2) is 43.0. The minimum atomic E-state index is -5.46. The fourth-order valence-electron chi connectivity index (χ4n) is 14.9. The van der Waals surface area contributed by atoms with Crippen molar-refractivity contribution in [1.82, 2.24) is 29.2 Å². The number of aromatic nitrogens is 2. The molecule has 0 bridgehead atoms. The van der Waals surface area contributed by atoms with Crippen molar-refractivity contribution in [2.24, 2.45) is 5.92 Å². The number of pyridine rings is 2. The van der Waals surface area contributed by atoms with E-state index in [4.69, 9.17) is 80.1 Å². The Morgan fingerprint density at radius 1 is 0.500 bits per heavy atom. The Morgan fingerprint density at radius 3 is 1.35 bits per heavy atom. The molecule has 3 fully saturated rings. The summed E-state index contributed by atoms with van der Waals surface area (Å²) in [5.41, 5.74) is -1.69. The Kier molecular flexibility index (Phi) is 33.1. The third kappa shape index (κ3) is 26.0. The first-order valence-corrected chi connectivity index (χ1v) is 43.3. The van der Waals surface area contributed by atoms with Crippen LogP contribution < -0.4 is 30.7 Å². The van der Waals surface area contributed by atoms with Gasteiger partial charge in [-0.05, 0) is 208 Å². The zero-order chi connectivity index (χ0) is 80.6. The van der Waals surface area contributed by atoms with Crippen LogP contribution in [0.4, 0.5) is 37.7 Å². The van der Waals surface area contributed by atoms with E-state index in [-0.39, 0.29) is 80.9 Å². The van der Waals surface area contributed by atoms with Crippen molar-refractivity contribution in [2.45, 2.75) is 163 Å². The summed E-state index contributed by atoms with van der Waals surface area (Å²) in [4.78, 5) is 35.2. The van der Waals surface area contributed by atoms with E-state index in [1.54, 1.807) is 6.07 Å². The molecule has 1 aliphatic carbocycles.